The van der Waals surface area contributed by atoms with Gasteiger partial charge in [-0.3, -0.25) is 0 Å². The predicted octanol–water partition coefficient (Wildman–Crippen LogP) is 6.74. The van der Waals surface area contributed by atoms with Crippen molar-refractivity contribution in [2.24, 2.45) is 5.41 Å². The van der Waals surface area contributed by atoms with Crippen LogP contribution in [0.15, 0.2) is 95.5 Å². The van der Waals surface area contributed by atoms with Gasteiger partial charge >= 0.3 is 0 Å². The van der Waals surface area contributed by atoms with Crippen LogP contribution in [0.5, 0.6) is 0 Å². The van der Waals surface area contributed by atoms with Crippen molar-refractivity contribution in [3.05, 3.63) is 119 Å². The van der Waals surface area contributed by atoms with Gasteiger partial charge in [0.05, 0.1) is 22.5 Å². The number of hydrogen-bond acceptors (Lipinski definition) is 3. The summed E-state index contributed by atoms with van der Waals surface area (Å²) in [6, 6.07) is 26.3. The molecule has 206 valence electrons. The number of aryl methyl sites for hydroxylation is 1. The first kappa shape index (κ1) is 26.7. The normalized spacial score (nSPS) is 19.6. The zero-order valence-electron chi connectivity index (χ0n) is 23.8. The number of fused-ring (bicyclic) bond motifs is 2. The van der Waals surface area contributed by atoms with Crippen molar-refractivity contribution < 1.29 is 8.42 Å². The molecule has 0 radical (unpaired) electrons. The Morgan fingerprint density at radius 1 is 0.925 bits per heavy atom. The number of benzene rings is 3. The molecule has 1 fully saturated rings. The molecule has 0 N–H and O–H groups in total. The molecule has 1 aliphatic heterocycles. The molecule has 1 atom stereocenters. The zero-order chi connectivity index (χ0) is 28.1. The highest BCUT2D eigenvalue weighted by Crippen LogP contribution is 2.47. The fraction of sp³-hybridized carbons (Fsp3) is 0.324. The maximum atomic E-state index is 14.0. The SMILES string of the molecule is Cc1ccc(-n2ncc3c2C=C2CCN(S(=O)(=O)c4ccc(C(C)(C)C)cc4)CC2(Cc2ccccc2)C3)cc1. The quantitative estimate of drug-likeness (QED) is 0.276. The molecule has 40 heavy (non-hydrogen) atoms. The topological polar surface area (TPSA) is 55.2 Å². The average molecular weight is 552 g/mol. The van der Waals surface area contributed by atoms with Gasteiger partial charge in [0.2, 0.25) is 10.0 Å². The van der Waals surface area contributed by atoms with Crippen molar-refractivity contribution in [2.45, 2.75) is 57.3 Å². The van der Waals surface area contributed by atoms with Crippen LogP contribution >= 0.6 is 0 Å². The van der Waals surface area contributed by atoms with Gasteiger partial charge in [0.1, 0.15) is 0 Å². The van der Waals surface area contributed by atoms with E-state index in [-0.39, 0.29) is 10.8 Å². The number of aromatic nitrogens is 2. The van der Waals surface area contributed by atoms with Crippen LogP contribution < -0.4 is 0 Å². The second kappa shape index (κ2) is 9.86. The molecular formula is C34H37N3O2S. The van der Waals surface area contributed by atoms with E-state index in [2.05, 4.69) is 82.3 Å². The maximum Gasteiger partial charge on any atom is 0.243 e. The molecule has 5 nitrogen and oxygen atoms in total. The Morgan fingerprint density at radius 2 is 1.62 bits per heavy atom. The van der Waals surface area contributed by atoms with Crippen LogP contribution in [0.1, 0.15) is 55.1 Å². The molecule has 0 spiro atoms. The summed E-state index contributed by atoms with van der Waals surface area (Å²) in [6.07, 6.45) is 6.49. The fourth-order valence-electron chi connectivity index (χ4n) is 6.23. The summed E-state index contributed by atoms with van der Waals surface area (Å²) in [5.74, 6) is 0. The third-order valence-electron chi connectivity index (χ3n) is 8.54. The van der Waals surface area contributed by atoms with Gasteiger partial charge in [-0.1, -0.05) is 86.5 Å². The van der Waals surface area contributed by atoms with Gasteiger partial charge in [0.25, 0.3) is 0 Å². The average Bonchev–Trinajstić information content (AvgIpc) is 3.34. The largest absolute Gasteiger partial charge is 0.243 e. The van der Waals surface area contributed by atoms with Gasteiger partial charge < -0.3 is 0 Å². The summed E-state index contributed by atoms with van der Waals surface area (Å²) in [7, 11) is -3.64. The summed E-state index contributed by atoms with van der Waals surface area (Å²) < 4.78 is 31.7. The Kier molecular flexibility index (Phi) is 6.59. The van der Waals surface area contributed by atoms with E-state index in [1.807, 2.05) is 29.1 Å². The number of rotatable bonds is 5. The van der Waals surface area contributed by atoms with Crippen molar-refractivity contribution in [1.29, 1.82) is 0 Å². The first-order valence-corrected chi connectivity index (χ1v) is 15.5. The van der Waals surface area contributed by atoms with Gasteiger partial charge in [-0.25, -0.2) is 13.1 Å². The van der Waals surface area contributed by atoms with E-state index in [0.29, 0.717) is 24.4 Å². The van der Waals surface area contributed by atoms with E-state index in [9.17, 15) is 8.42 Å². The van der Waals surface area contributed by atoms with Crippen molar-refractivity contribution >= 4 is 16.1 Å². The summed E-state index contributed by atoms with van der Waals surface area (Å²) >= 11 is 0. The predicted molar refractivity (Wildman–Crippen MR) is 161 cm³/mol. The van der Waals surface area contributed by atoms with Gasteiger partial charge in [-0.05, 0) is 78.6 Å². The maximum absolute atomic E-state index is 14.0. The second-order valence-corrected chi connectivity index (χ2v) is 14.4. The van der Waals surface area contributed by atoms with Crippen LogP contribution in [0.2, 0.25) is 0 Å². The molecule has 0 amide bonds. The van der Waals surface area contributed by atoms with Gasteiger partial charge in [0, 0.05) is 18.5 Å². The number of nitrogens with zero attached hydrogens (tertiary/aromatic N) is 3. The number of hydrogen-bond donors (Lipinski definition) is 0. The molecule has 6 rings (SSSR count). The van der Waals surface area contributed by atoms with Crippen molar-refractivity contribution in [3.63, 3.8) is 0 Å². The highest BCUT2D eigenvalue weighted by Gasteiger charge is 2.46. The highest BCUT2D eigenvalue weighted by molar-refractivity contribution is 7.89. The first-order valence-electron chi connectivity index (χ1n) is 14.0. The lowest BCUT2D eigenvalue weighted by atomic mass is 9.66. The Morgan fingerprint density at radius 3 is 2.30 bits per heavy atom. The Bertz CT molecular complexity index is 1660. The second-order valence-electron chi connectivity index (χ2n) is 12.5. The van der Waals surface area contributed by atoms with Crippen LogP contribution in [0, 0.1) is 12.3 Å². The van der Waals surface area contributed by atoms with Gasteiger partial charge in [-0.15, -0.1) is 0 Å². The minimum absolute atomic E-state index is 0.0321. The van der Waals surface area contributed by atoms with Crippen LogP contribution in [0.4, 0.5) is 0 Å². The minimum Gasteiger partial charge on any atom is -0.233 e. The van der Waals surface area contributed by atoms with Crippen molar-refractivity contribution in [3.8, 4) is 5.69 Å². The summed E-state index contributed by atoms with van der Waals surface area (Å²) in [6.45, 7) is 9.43. The lowest BCUT2D eigenvalue weighted by Crippen LogP contribution is -2.50. The van der Waals surface area contributed by atoms with E-state index in [0.717, 1.165) is 35.3 Å². The van der Waals surface area contributed by atoms with Gasteiger partial charge in [-0.2, -0.15) is 9.40 Å². The van der Waals surface area contributed by atoms with E-state index in [4.69, 9.17) is 5.10 Å². The molecule has 2 heterocycles. The van der Waals surface area contributed by atoms with Crippen LogP contribution in [0.3, 0.4) is 0 Å². The third-order valence-corrected chi connectivity index (χ3v) is 10.4. The Balaban J connectivity index is 1.38. The molecule has 1 unspecified atom stereocenters. The van der Waals surface area contributed by atoms with Crippen LogP contribution in [0.25, 0.3) is 11.8 Å². The molecule has 3 aromatic carbocycles. The third kappa shape index (κ3) is 4.84. The smallest absolute Gasteiger partial charge is 0.233 e. The van der Waals surface area contributed by atoms with Crippen molar-refractivity contribution in [1.82, 2.24) is 14.1 Å². The van der Waals surface area contributed by atoms with E-state index in [1.54, 1.807) is 16.4 Å². The number of piperidine rings is 1. The minimum atomic E-state index is -3.64. The Labute approximate surface area is 238 Å². The van der Waals surface area contributed by atoms with Crippen molar-refractivity contribution in [2.75, 3.05) is 13.1 Å². The Hall–Kier alpha value is -3.48. The molecule has 0 bridgehead atoms. The van der Waals surface area contributed by atoms with E-state index < -0.39 is 10.0 Å². The molecule has 2 aliphatic rings. The summed E-state index contributed by atoms with van der Waals surface area (Å²) in [4.78, 5) is 0.367. The molecule has 1 saturated heterocycles. The zero-order valence-corrected chi connectivity index (χ0v) is 24.6. The van der Waals surface area contributed by atoms with E-state index in [1.165, 1.54) is 16.7 Å². The lowest BCUT2D eigenvalue weighted by molar-refractivity contribution is 0.209. The van der Waals surface area contributed by atoms with Crippen LogP contribution in [-0.2, 0) is 28.3 Å². The molecule has 1 aliphatic carbocycles. The molecule has 1 aromatic heterocycles. The molecule has 6 heteroatoms. The molecule has 4 aromatic rings. The van der Waals surface area contributed by atoms with Gasteiger partial charge in [0.15, 0.2) is 0 Å². The van der Waals surface area contributed by atoms with Crippen LogP contribution in [-0.4, -0.2) is 35.6 Å². The highest BCUT2D eigenvalue weighted by atomic mass is 32.2. The van der Waals surface area contributed by atoms with E-state index >= 15 is 0 Å². The summed E-state index contributed by atoms with van der Waals surface area (Å²) in [5.41, 5.74) is 7.82. The molecule has 0 saturated carbocycles. The standard InChI is InChI=1S/C34H37N3O2S/c1-25-10-14-30(15-11-25)37-32-20-29-18-19-36(40(38,39)31-16-12-28(13-17-31)33(2,3)4)24-34(29,22-27(32)23-35-37)21-26-8-6-5-7-9-26/h5-17,20,23H,18-19,21-22,24H2,1-4H3. The first-order chi connectivity index (χ1) is 19.0. The lowest BCUT2D eigenvalue weighted by Gasteiger charge is -2.46. The fourth-order valence-corrected chi connectivity index (χ4v) is 7.75. The summed E-state index contributed by atoms with van der Waals surface area (Å²) in [5, 5.41) is 4.78. The molecular weight excluding hydrogens is 514 g/mol. The monoisotopic (exact) mass is 551 g/mol. The number of sulfonamides is 1.